The summed E-state index contributed by atoms with van der Waals surface area (Å²) in [5, 5.41) is 8.83. The third-order valence-corrected chi connectivity index (χ3v) is 4.53. The van der Waals surface area contributed by atoms with Crippen molar-refractivity contribution < 1.29 is 5.11 Å². The second-order valence-corrected chi connectivity index (χ2v) is 6.40. The standard InChI is InChI=1S/C17H30N4O/c1-14-13-17(19-15(2)18-14)21-10-7-16(8-11-21)20(3)9-5-4-6-12-22/h13,16,22H,4-12H2,1-3H3. The lowest BCUT2D eigenvalue weighted by Crippen LogP contribution is -2.44. The Hall–Kier alpha value is -1.20. The molecule has 2 rings (SSSR count). The number of aryl methyl sites for hydroxylation is 2. The molecular formula is C17H30N4O. The molecule has 22 heavy (non-hydrogen) atoms. The van der Waals surface area contributed by atoms with Gasteiger partial charge in [-0.1, -0.05) is 0 Å². The summed E-state index contributed by atoms with van der Waals surface area (Å²) in [5.41, 5.74) is 1.05. The summed E-state index contributed by atoms with van der Waals surface area (Å²) in [7, 11) is 2.23. The highest BCUT2D eigenvalue weighted by atomic mass is 16.2. The Morgan fingerprint density at radius 2 is 1.91 bits per heavy atom. The Balaban J connectivity index is 1.79. The second-order valence-electron chi connectivity index (χ2n) is 6.40. The van der Waals surface area contributed by atoms with Crippen LogP contribution in [0.4, 0.5) is 5.82 Å². The van der Waals surface area contributed by atoms with E-state index in [0.29, 0.717) is 12.6 Å². The maximum absolute atomic E-state index is 8.83. The largest absolute Gasteiger partial charge is 0.396 e. The van der Waals surface area contributed by atoms with E-state index in [2.05, 4.69) is 32.9 Å². The molecule has 0 atom stereocenters. The number of aliphatic hydroxyl groups excluding tert-OH is 1. The van der Waals surface area contributed by atoms with Gasteiger partial charge in [-0.3, -0.25) is 0 Å². The zero-order chi connectivity index (χ0) is 15.9. The van der Waals surface area contributed by atoms with E-state index in [1.165, 1.54) is 19.3 Å². The summed E-state index contributed by atoms with van der Waals surface area (Å²) >= 11 is 0. The van der Waals surface area contributed by atoms with Gasteiger partial charge in [0, 0.05) is 37.5 Å². The van der Waals surface area contributed by atoms with Crippen molar-refractivity contribution in [2.24, 2.45) is 0 Å². The average Bonchev–Trinajstić information content (AvgIpc) is 2.50. The van der Waals surface area contributed by atoms with E-state index in [4.69, 9.17) is 5.11 Å². The van der Waals surface area contributed by atoms with E-state index in [9.17, 15) is 0 Å². The topological polar surface area (TPSA) is 52.5 Å². The van der Waals surface area contributed by atoms with Gasteiger partial charge in [0.25, 0.3) is 0 Å². The Labute approximate surface area is 134 Å². The quantitative estimate of drug-likeness (QED) is 0.782. The first-order valence-corrected chi connectivity index (χ1v) is 8.48. The van der Waals surface area contributed by atoms with Crippen LogP contribution in [-0.2, 0) is 0 Å². The van der Waals surface area contributed by atoms with Gasteiger partial charge in [0.15, 0.2) is 0 Å². The average molecular weight is 306 g/mol. The fourth-order valence-corrected chi connectivity index (χ4v) is 3.23. The molecule has 0 radical (unpaired) electrons. The maximum atomic E-state index is 8.83. The zero-order valence-electron chi connectivity index (χ0n) is 14.3. The molecule has 2 heterocycles. The van der Waals surface area contributed by atoms with Gasteiger partial charge in [0.1, 0.15) is 11.6 Å². The summed E-state index contributed by atoms with van der Waals surface area (Å²) in [6, 6.07) is 2.76. The lowest BCUT2D eigenvalue weighted by atomic mass is 10.0. The SMILES string of the molecule is Cc1cc(N2CCC(N(C)CCCCCO)CC2)nc(C)n1. The number of hydrogen-bond donors (Lipinski definition) is 1. The van der Waals surface area contributed by atoms with E-state index < -0.39 is 0 Å². The fraction of sp³-hybridized carbons (Fsp3) is 0.765. The van der Waals surface area contributed by atoms with E-state index in [1.807, 2.05) is 13.8 Å². The van der Waals surface area contributed by atoms with Crippen LogP contribution in [0.2, 0.25) is 0 Å². The van der Waals surface area contributed by atoms with Crippen LogP contribution in [0, 0.1) is 13.8 Å². The van der Waals surface area contributed by atoms with Crippen LogP contribution in [0.25, 0.3) is 0 Å². The highest BCUT2D eigenvalue weighted by molar-refractivity contribution is 5.40. The van der Waals surface area contributed by atoms with Crippen molar-refractivity contribution in [3.05, 3.63) is 17.6 Å². The van der Waals surface area contributed by atoms with Gasteiger partial charge in [0.2, 0.25) is 0 Å². The summed E-state index contributed by atoms with van der Waals surface area (Å²) in [6.07, 6.45) is 5.62. The highest BCUT2D eigenvalue weighted by Gasteiger charge is 2.23. The third kappa shape index (κ3) is 4.92. The Morgan fingerprint density at radius 3 is 2.55 bits per heavy atom. The van der Waals surface area contributed by atoms with Crippen molar-refractivity contribution in [2.45, 2.75) is 52.0 Å². The molecule has 0 amide bonds. The Kier molecular flexibility index (Phi) is 6.58. The monoisotopic (exact) mass is 306 g/mol. The van der Waals surface area contributed by atoms with Gasteiger partial charge < -0.3 is 14.9 Å². The molecule has 0 bridgehead atoms. The minimum atomic E-state index is 0.319. The lowest BCUT2D eigenvalue weighted by Gasteiger charge is -2.37. The minimum Gasteiger partial charge on any atom is -0.396 e. The zero-order valence-corrected chi connectivity index (χ0v) is 14.3. The summed E-state index contributed by atoms with van der Waals surface area (Å²) in [6.45, 7) is 7.59. The number of unbranched alkanes of at least 4 members (excludes halogenated alkanes) is 2. The molecule has 0 aromatic carbocycles. The molecule has 1 aromatic rings. The number of aromatic nitrogens is 2. The molecule has 1 aromatic heterocycles. The molecule has 1 saturated heterocycles. The van der Waals surface area contributed by atoms with Gasteiger partial charge in [0.05, 0.1) is 0 Å². The van der Waals surface area contributed by atoms with Crippen LogP contribution in [0.5, 0.6) is 0 Å². The van der Waals surface area contributed by atoms with Gasteiger partial charge in [-0.25, -0.2) is 9.97 Å². The van der Waals surface area contributed by atoms with E-state index in [0.717, 1.165) is 49.8 Å². The van der Waals surface area contributed by atoms with Gasteiger partial charge in [-0.2, -0.15) is 0 Å². The van der Waals surface area contributed by atoms with Crippen molar-refractivity contribution in [1.29, 1.82) is 0 Å². The van der Waals surface area contributed by atoms with Crippen LogP contribution in [0.3, 0.4) is 0 Å². The first-order valence-electron chi connectivity index (χ1n) is 8.48. The Morgan fingerprint density at radius 1 is 1.18 bits per heavy atom. The second kappa shape index (κ2) is 8.44. The molecule has 5 heteroatoms. The normalized spacial score (nSPS) is 16.5. The van der Waals surface area contributed by atoms with Crippen molar-refractivity contribution in [1.82, 2.24) is 14.9 Å². The number of hydrogen-bond acceptors (Lipinski definition) is 5. The van der Waals surface area contributed by atoms with Crippen LogP contribution >= 0.6 is 0 Å². The molecule has 124 valence electrons. The van der Waals surface area contributed by atoms with Crippen LogP contribution < -0.4 is 4.90 Å². The maximum Gasteiger partial charge on any atom is 0.132 e. The smallest absolute Gasteiger partial charge is 0.132 e. The van der Waals surface area contributed by atoms with E-state index >= 15 is 0 Å². The molecule has 1 aliphatic rings. The fourth-order valence-electron chi connectivity index (χ4n) is 3.23. The number of nitrogens with zero attached hydrogens (tertiary/aromatic N) is 4. The van der Waals surface area contributed by atoms with E-state index in [-0.39, 0.29) is 0 Å². The number of anilines is 1. The molecular weight excluding hydrogens is 276 g/mol. The highest BCUT2D eigenvalue weighted by Crippen LogP contribution is 2.21. The van der Waals surface area contributed by atoms with Crippen molar-refractivity contribution in [2.75, 3.05) is 38.2 Å². The van der Waals surface area contributed by atoms with Crippen molar-refractivity contribution >= 4 is 5.82 Å². The minimum absolute atomic E-state index is 0.319. The summed E-state index contributed by atoms with van der Waals surface area (Å²) in [5.74, 6) is 1.94. The third-order valence-electron chi connectivity index (χ3n) is 4.53. The van der Waals surface area contributed by atoms with Crippen molar-refractivity contribution in [3.8, 4) is 0 Å². The number of rotatable bonds is 7. The van der Waals surface area contributed by atoms with Crippen molar-refractivity contribution in [3.63, 3.8) is 0 Å². The van der Waals surface area contributed by atoms with Gasteiger partial charge in [-0.05, 0) is 59.5 Å². The molecule has 1 aliphatic heterocycles. The number of piperidine rings is 1. The molecule has 0 saturated carbocycles. The molecule has 5 nitrogen and oxygen atoms in total. The first kappa shape index (κ1) is 17.2. The number of aliphatic hydroxyl groups is 1. The molecule has 1 fully saturated rings. The molecule has 0 unspecified atom stereocenters. The summed E-state index contributed by atoms with van der Waals surface area (Å²) in [4.78, 5) is 13.8. The van der Waals surface area contributed by atoms with Gasteiger partial charge in [-0.15, -0.1) is 0 Å². The lowest BCUT2D eigenvalue weighted by molar-refractivity contribution is 0.200. The molecule has 0 aliphatic carbocycles. The predicted molar refractivity (Wildman–Crippen MR) is 90.3 cm³/mol. The Bertz CT molecular complexity index is 438. The van der Waals surface area contributed by atoms with Crippen LogP contribution in [-0.4, -0.2) is 59.3 Å². The van der Waals surface area contributed by atoms with Gasteiger partial charge >= 0.3 is 0 Å². The van der Waals surface area contributed by atoms with Crippen LogP contribution in [0.15, 0.2) is 6.07 Å². The molecule has 1 N–H and O–H groups in total. The van der Waals surface area contributed by atoms with E-state index in [1.54, 1.807) is 0 Å². The first-order chi connectivity index (χ1) is 10.6. The molecule has 0 spiro atoms. The van der Waals surface area contributed by atoms with Crippen LogP contribution in [0.1, 0.15) is 43.6 Å². The summed E-state index contributed by atoms with van der Waals surface area (Å²) < 4.78 is 0. The predicted octanol–water partition coefficient (Wildman–Crippen LogP) is 2.16.